The van der Waals surface area contributed by atoms with Gasteiger partial charge < -0.3 is 4.90 Å². The second-order valence-electron chi connectivity index (χ2n) is 5.76. The van der Waals surface area contributed by atoms with Crippen molar-refractivity contribution >= 4 is 33.2 Å². The van der Waals surface area contributed by atoms with Gasteiger partial charge in [-0.15, -0.1) is 0 Å². The van der Waals surface area contributed by atoms with E-state index >= 15 is 0 Å². The van der Waals surface area contributed by atoms with Gasteiger partial charge in [-0.1, -0.05) is 29.8 Å². The number of hydrogen-bond donors (Lipinski definition) is 0. The van der Waals surface area contributed by atoms with E-state index in [1.807, 2.05) is 18.2 Å². The van der Waals surface area contributed by atoms with Crippen molar-refractivity contribution in [2.24, 2.45) is 0 Å². The lowest BCUT2D eigenvalue weighted by molar-refractivity contribution is 0.219. The smallest absolute Gasteiger partial charge is 0.318 e. The van der Waals surface area contributed by atoms with Crippen molar-refractivity contribution in [3.05, 3.63) is 59.1 Å². The van der Waals surface area contributed by atoms with Crippen molar-refractivity contribution in [1.82, 2.24) is 4.90 Å². The Morgan fingerprint density at radius 2 is 1.83 bits per heavy atom. The molecule has 24 heavy (non-hydrogen) atoms. The summed E-state index contributed by atoms with van der Waals surface area (Å²) in [6.45, 7) is 1.57. The molecule has 0 aromatic heterocycles. The number of carbonyl (C=O) groups is 1. The molecule has 1 aliphatic heterocycles. The number of hydrogen-bond acceptors (Lipinski definition) is 3. The number of sulfone groups is 1. The van der Waals surface area contributed by atoms with E-state index in [0.29, 0.717) is 30.3 Å². The van der Waals surface area contributed by atoms with Gasteiger partial charge in [-0.3, -0.25) is 4.90 Å². The van der Waals surface area contributed by atoms with Crippen molar-refractivity contribution in [3.8, 4) is 0 Å². The lowest BCUT2D eigenvalue weighted by Gasteiger charge is -2.19. The molecule has 0 aliphatic carbocycles. The molecule has 0 saturated carbocycles. The predicted octanol–water partition coefficient (Wildman–Crippen LogP) is 3.19. The standard InChI is InChI=1S/C17H17ClN2O3S/c1-24(22,23)16-7-3-6-15(11-16)20-9-8-19(17(20)21)12-13-4-2-5-14(18)10-13/h2-7,10-11H,8-9,12H2,1H3. The van der Waals surface area contributed by atoms with Gasteiger partial charge in [0.1, 0.15) is 0 Å². The Balaban J connectivity index is 1.79. The molecule has 126 valence electrons. The first-order chi connectivity index (χ1) is 11.3. The normalized spacial score (nSPS) is 15.2. The third-order valence-corrected chi connectivity index (χ3v) is 5.26. The van der Waals surface area contributed by atoms with Gasteiger partial charge >= 0.3 is 6.03 Å². The Kier molecular flexibility index (Phi) is 4.51. The third kappa shape index (κ3) is 3.55. The van der Waals surface area contributed by atoms with E-state index < -0.39 is 9.84 Å². The van der Waals surface area contributed by atoms with Gasteiger partial charge in [0.15, 0.2) is 9.84 Å². The maximum absolute atomic E-state index is 12.6. The molecule has 2 aromatic carbocycles. The van der Waals surface area contributed by atoms with Crippen LogP contribution in [0.15, 0.2) is 53.4 Å². The van der Waals surface area contributed by atoms with Gasteiger partial charge in [-0.2, -0.15) is 0 Å². The van der Waals surface area contributed by atoms with Crippen LogP contribution in [0.2, 0.25) is 5.02 Å². The maximum Gasteiger partial charge on any atom is 0.324 e. The molecule has 1 heterocycles. The first kappa shape index (κ1) is 16.8. The summed E-state index contributed by atoms with van der Waals surface area (Å²) in [5, 5.41) is 0.636. The quantitative estimate of drug-likeness (QED) is 0.837. The number of urea groups is 1. The fraction of sp³-hybridized carbons (Fsp3) is 0.235. The monoisotopic (exact) mass is 364 g/mol. The van der Waals surface area contributed by atoms with Crippen LogP contribution < -0.4 is 4.90 Å². The average Bonchev–Trinajstić information content (AvgIpc) is 2.88. The van der Waals surface area contributed by atoms with Crippen molar-refractivity contribution in [2.75, 3.05) is 24.2 Å². The predicted molar refractivity (Wildman–Crippen MR) is 94.2 cm³/mol. The molecule has 3 rings (SSSR count). The lowest BCUT2D eigenvalue weighted by Crippen LogP contribution is -2.31. The molecule has 2 amide bonds. The Hall–Kier alpha value is -2.05. The summed E-state index contributed by atoms with van der Waals surface area (Å²) in [5.74, 6) is 0. The highest BCUT2D eigenvalue weighted by Gasteiger charge is 2.29. The lowest BCUT2D eigenvalue weighted by atomic mass is 10.2. The molecule has 1 saturated heterocycles. The Bertz CT molecular complexity index is 883. The fourth-order valence-corrected chi connectivity index (χ4v) is 3.58. The summed E-state index contributed by atoms with van der Waals surface area (Å²) in [7, 11) is -3.31. The van der Waals surface area contributed by atoms with Crippen LogP contribution in [0.3, 0.4) is 0 Å². The molecule has 0 radical (unpaired) electrons. The van der Waals surface area contributed by atoms with Crippen LogP contribution in [0.5, 0.6) is 0 Å². The van der Waals surface area contributed by atoms with Gasteiger partial charge in [0, 0.05) is 36.6 Å². The number of nitrogens with zero attached hydrogens (tertiary/aromatic N) is 2. The topological polar surface area (TPSA) is 57.7 Å². The number of rotatable bonds is 4. The maximum atomic E-state index is 12.6. The van der Waals surface area contributed by atoms with Gasteiger partial charge in [0.05, 0.1) is 4.90 Å². The highest BCUT2D eigenvalue weighted by Crippen LogP contribution is 2.24. The van der Waals surface area contributed by atoms with E-state index in [1.165, 1.54) is 12.1 Å². The Labute approximate surface area is 146 Å². The van der Waals surface area contributed by atoms with E-state index in [9.17, 15) is 13.2 Å². The van der Waals surface area contributed by atoms with E-state index in [0.717, 1.165) is 11.8 Å². The van der Waals surface area contributed by atoms with Crippen LogP contribution in [0.4, 0.5) is 10.5 Å². The van der Waals surface area contributed by atoms with Gasteiger partial charge in [0.2, 0.25) is 0 Å². The SMILES string of the molecule is CS(=O)(=O)c1cccc(N2CCN(Cc3cccc(Cl)c3)C2=O)c1. The van der Waals surface area contributed by atoms with Crippen LogP contribution in [0.1, 0.15) is 5.56 Å². The van der Waals surface area contributed by atoms with Gasteiger partial charge in [-0.25, -0.2) is 13.2 Å². The Morgan fingerprint density at radius 1 is 1.08 bits per heavy atom. The molecule has 0 spiro atoms. The van der Waals surface area contributed by atoms with Crippen LogP contribution in [-0.4, -0.2) is 38.7 Å². The first-order valence-electron chi connectivity index (χ1n) is 7.45. The molecule has 0 unspecified atom stereocenters. The molecular formula is C17H17ClN2O3S. The van der Waals surface area contributed by atoms with E-state index in [1.54, 1.807) is 28.0 Å². The van der Waals surface area contributed by atoms with E-state index in [4.69, 9.17) is 11.6 Å². The largest absolute Gasteiger partial charge is 0.324 e. The molecule has 7 heteroatoms. The van der Waals surface area contributed by atoms with Gasteiger partial charge in [0.25, 0.3) is 0 Å². The van der Waals surface area contributed by atoms with Crippen LogP contribution >= 0.6 is 11.6 Å². The summed E-state index contributed by atoms with van der Waals surface area (Å²) in [5.41, 5.74) is 1.55. The minimum absolute atomic E-state index is 0.138. The molecule has 0 atom stereocenters. The summed E-state index contributed by atoms with van der Waals surface area (Å²) in [6, 6.07) is 13.7. The molecular weight excluding hydrogens is 348 g/mol. The zero-order valence-corrected chi connectivity index (χ0v) is 14.7. The summed E-state index contributed by atoms with van der Waals surface area (Å²) in [4.78, 5) is 16.2. The minimum atomic E-state index is -3.31. The molecule has 0 bridgehead atoms. The molecule has 1 aliphatic rings. The van der Waals surface area contributed by atoms with Crippen LogP contribution in [-0.2, 0) is 16.4 Å². The van der Waals surface area contributed by atoms with Crippen molar-refractivity contribution in [2.45, 2.75) is 11.4 Å². The number of halogens is 1. The average molecular weight is 365 g/mol. The summed E-state index contributed by atoms with van der Waals surface area (Å²) < 4.78 is 23.4. The zero-order chi connectivity index (χ0) is 17.3. The fourth-order valence-electron chi connectivity index (χ4n) is 2.71. The summed E-state index contributed by atoms with van der Waals surface area (Å²) >= 11 is 5.98. The number of amides is 2. The van der Waals surface area contributed by atoms with Crippen LogP contribution in [0, 0.1) is 0 Å². The molecule has 2 aromatic rings. The van der Waals surface area contributed by atoms with Crippen molar-refractivity contribution in [1.29, 1.82) is 0 Å². The van der Waals surface area contributed by atoms with E-state index in [2.05, 4.69) is 0 Å². The van der Waals surface area contributed by atoms with Crippen molar-refractivity contribution < 1.29 is 13.2 Å². The highest BCUT2D eigenvalue weighted by molar-refractivity contribution is 7.90. The second-order valence-corrected chi connectivity index (χ2v) is 8.21. The number of carbonyl (C=O) groups excluding carboxylic acids is 1. The minimum Gasteiger partial charge on any atom is -0.318 e. The Morgan fingerprint density at radius 3 is 2.54 bits per heavy atom. The zero-order valence-electron chi connectivity index (χ0n) is 13.1. The number of benzene rings is 2. The highest BCUT2D eigenvalue weighted by atomic mass is 35.5. The first-order valence-corrected chi connectivity index (χ1v) is 9.72. The van der Waals surface area contributed by atoms with Crippen LogP contribution in [0.25, 0.3) is 0 Å². The summed E-state index contributed by atoms with van der Waals surface area (Å²) in [6.07, 6.45) is 1.16. The molecule has 5 nitrogen and oxygen atoms in total. The van der Waals surface area contributed by atoms with Crippen molar-refractivity contribution in [3.63, 3.8) is 0 Å². The third-order valence-electron chi connectivity index (χ3n) is 3.91. The molecule has 0 N–H and O–H groups in total. The van der Waals surface area contributed by atoms with E-state index in [-0.39, 0.29) is 10.9 Å². The van der Waals surface area contributed by atoms with Gasteiger partial charge in [-0.05, 0) is 35.9 Å². The molecule has 1 fully saturated rings. The number of anilines is 1. The second kappa shape index (κ2) is 6.45.